The molecule has 0 saturated carbocycles. The van der Waals surface area contributed by atoms with Gasteiger partial charge in [-0.3, -0.25) is 13.9 Å². The quantitative estimate of drug-likeness (QED) is 0.250. The standard InChI is InChI=1S/C32H40ClN3O6S/c1-7-23(4)34-32(38)28(8-2)35(20-24-11-9-10-22(3)18-24)31(37)21-36(26-14-12-25(33)13-15-26)43(39,40)27-16-17-29(41-5)30(19-27)42-6/h9-19,23,28H,7-8,20-21H2,1-6H3,(H,34,38)/t23-,28-/m1/s1. The van der Waals surface area contributed by atoms with Crippen molar-refractivity contribution in [3.63, 3.8) is 0 Å². The summed E-state index contributed by atoms with van der Waals surface area (Å²) in [4.78, 5) is 29.0. The maximum Gasteiger partial charge on any atom is 0.264 e. The van der Waals surface area contributed by atoms with Gasteiger partial charge < -0.3 is 19.7 Å². The lowest BCUT2D eigenvalue weighted by molar-refractivity contribution is -0.140. The number of hydrogen-bond donors (Lipinski definition) is 1. The first kappa shape index (κ1) is 33.7. The first-order valence-electron chi connectivity index (χ1n) is 14.1. The number of benzene rings is 3. The van der Waals surface area contributed by atoms with E-state index in [-0.39, 0.29) is 34.8 Å². The minimum Gasteiger partial charge on any atom is -0.493 e. The van der Waals surface area contributed by atoms with E-state index < -0.39 is 28.5 Å². The summed E-state index contributed by atoms with van der Waals surface area (Å²) in [5.74, 6) is -0.247. The Morgan fingerprint density at radius 3 is 2.19 bits per heavy atom. The number of aryl methyl sites for hydroxylation is 1. The molecule has 0 aliphatic heterocycles. The number of rotatable bonds is 14. The number of methoxy groups -OCH3 is 2. The van der Waals surface area contributed by atoms with E-state index in [4.69, 9.17) is 21.1 Å². The van der Waals surface area contributed by atoms with Crippen LogP contribution in [-0.2, 0) is 26.2 Å². The van der Waals surface area contributed by atoms with Crippen molar-refractivity contribution in [2.45, 2.75) is 64.1 Å². The molecule has 0 aliphatic carbocycles. The lowest BCUT2D eigenvalue weighted by Gasteiger charge is -2.34. The smallest absolute Gasteiger partial charge is 0.264 e. The van der Waals surface area contributed by atoms with Gasteiger partial charge in [0.15, 0.2) is 11.5 Å². The van der Waals surface area contributed by atoms with Crippen LogP contribution in [0, 0.1) is 6.92 Å². The summed E-state index contributed by atoms with van der Waals surface area (Å²) in [6, 6.07) is 17.1. The zero-order valence-corrected chi connectivity index (χ0v) is 27.0. The number of anilines is 1. The molecule has 0 saturated heterocycles. The second-order valence-electron chi connectivity index (χ2n) is 10.3. The van der Waals surface area contributed by atoms with Crippen molar-refractivity contribution in [2.75, 3.05) is 25.1 Å². The van der Waals surface area contributed by atoms with Crippen LogP contribution in [0.2, 0.25) is 5.02 Å². The molecule has 0 fully saturated rings. The molecule has 0 spiro atoms. The van der Waals surface area contributed by atoms with Crippen LogP contribution < -0.4 is 19.1 Å². The van der Waals surface area contributed by atoms with Crippen LogP contribution >= 0.6 is 11.6 Å². The number of nitrogens with one attached hydrogen (secondary N) is 1. The highest BCUT2D eigenvalue weighted by Crippen LogP contribution is 2.33. The average Bonchev–Trinajstić information content (AvgIpc) is 2.99. The van der Waals surface area contributed by atoms with Gasteiger partial charge in [0.25, 0.3) is 10.0 Å². The topological polar surface area (TPSA) is 105 Å². The van der Waals surface area contributed by atoms with Crippen LogP contribution in [-0.4, -0.2) is 58.0 Å². The molecule has 0 radical (unpaired) electrons. The van der Waals surface area contributed by atoms with Crippen molar-refractivity contribution in [1.82, 2.24) is 10.2 Å². The van der Waals surface area contributed by atoms with Gasteiger partial charge in [-0.15, -0.1) is 0 Å². The van der Waals surface area contributed by atoms with Gasteiger partial charge in [-0.25, -0.2) is 8.42 Å². The lowest BCUT2D eigenvalue weighted by Crippen LogP contribution is -2.53. The van der Waals surface area contributed by atoms with Gasteiger partial charge >= 0.3 is 0 Å². The lowest BCUT2D eigenvalue weighted by atomic mass is 10.1. The number of amides is 2. The molecule has 1 N–H and O–H groups in total. The van der Waals surface area contributed by atoms with Crippen LogP contribution in [0.1, 0.15) is 44.7 Å². The first-order chi connectivity index (χ1) is 20.4. The molecule has 3 aromatic rings. The molecule has 43 heavy (non-hydrogen) atoms. The van der Waals surface area contributed by atoms with E-state index >= 15 is 0 Å². The Morgan fingerprint density at radius 2 is 1.60 bits per heavy atom. The number of nitrogens with zero attached hydrogens (tertiary/aromatic N) is 2. The zero-order chi connectivity index (χ0) is 31.7. The molecular weight excluding hydrogens is 590 g/mol. The average molecular weight is 630 g/mol. The monoisotopic (exact) mass is 629 g/mol. The van der Waals surface area contributed by atoms with E-state index in [0.717, 1.165) is 21.9 Å². The summed E-state index contributed by atoms with van der Waals surface area (Å²) >= 11 is 6.11. The zero-order valence-electron chi connectivity index (χ0n) is 25.5. The predicted octanol–water partition coefficient (Wildman–Crippen LogP) is 5.58. The molecule has 11 heteroatoms. The maximum absolute atomic E-state index is 14.2. The van der Waals surface area contributed by atoms with Gasteiger partial charge in [0.1, 0.15) is 12.6 Å². The number of halogens is 1. The Labute approximate surface area is 259 Å². The van der Waals surface area contributed by atoms with E-state index in [1.807, 2.05) is 52.0 Å². The highest BCUT2D eigenvalue weighted by Gasteiger charge is 2.34. The van der Waals surface area contributed by atoms with Crippen molar-refractivity contribution in [1.29, 1.82) is 0 Å². The Hall–Kier alpha value is -3.76. The van der Waals surface area contributed by atoms with E-state index in [1.54, 1.807) is 12.1 Å². The molecule has 0 aliphatic rings. The third-order valence-corrected chi connectivity index (χ3v) is 9.18. The first-order valence-corrected chi connectivity index (χ1v) is 15.9. The van der Waals surface area contributed by atoms with Crippen molar-refractivity contribution >= 4 is 39.1 Å². The maximum atomic E-state index is 14.2. The predicted molar refractivity (Wildman–Crippen MR) is 169 cm³/mol. The van der Waals surface area contributed by atoms with Crippen LogP contribution in [0.25, 0.3) is 0 Å². The SMILES string of the molecule is CC[C@@H](C)NC(=O)[C@@H](CC)N(Cc1cccc(C)c1)C(=O)CN(c1ccc(Cl)cc1)S(=O)(=O)c1ccc(OC)c(OC)c1. The number of ether oxygens (including phenoxy) is 2. The Morgan fingerprint density at radius 1 is 0.930 bits per heavy atom. The van der Waals surface area contributed by atoms with Crippen LogP contribution in [0.5, 0.6) is 11.5 Å². The summed E-state index contributed by atoms with van der Waals surface area (Å²) in [6.07, 6.45) is 1.06. The van der Waals surface area contributed by atoms with Gasteiger partial charge in [-0.05, 0) is 68.7 Å². The molecule has 232 valence electrons. The summed E-state index contributed by atoms with van der Waals surface area (Å²) < 4.78 is 39.9. The number of sulfonamides is 1. The highest BCUT2D eigenvalue weighted by molar-refractivity contribution is 7.92. The molecule has 9 nitrogen and oxygen atoms in total. The summed E-state index contributed by atoms with van der Waals surface area (Å²) in [6.45, 7) is 7.20. The fraction of sp³-hybridized carbons (Fsp3) is 0.375. The Balaban J connectivity index is 2.10. The van der Waals surface area contributed by atoms with E-state index in [9.17, 15) is 18.0 Å². The molecule has 2 atom stereocenters. The van der Waals surface area contributed by atoms with Gasteiger partial charge in [-0.1, -0.05) is 55.3 Å². The van der Waals surface area contributed by atoms with Gasteiger partial charge in [-0.2, -0.15) is 0 Å². The number of carbonyl (C=O) groups excluding carboxylic acids is 2. The normalized spacial score (nSPS) is 12.6. The molecular formula is C32H40ClN3O6S. The van der Waals surface area contributed by atoms with Gasteiger partial charge in [0.05, 0.1) is 24.8 Å². The number of hydrogen-bond acceptors (Lipinski definition) is 6. The fourth-order valence-corrected chi connectivity index (χ4v) is 6.16. The minimum absolute atomic E-state index is 0.0894. The van der Waals surface area contributed by atoms with Crippen molar-refractivity contribution < 1.29 is 27.5 Å². The summed E-state index contributed by atoms with van der Waals surface area (Å²) in [5, 5.41) is 3.39. The largest absolute Gasteiger partial charge is 0.493 e. The molecule has 0 unspecified atom stereocenters. The molecule has 0 aromatic heterocycles. The second-order valence-corrected chi connectivity index (χ2v) is 12.6. The summed E-state index contributed by atoms with van der Waals surface area (Å²) in [5.41, 5.74) is 2.06. The van der Waals surface area contributed by atoms with E-state index in [0.29, 0.717) is 17.2 Å². The third kappa shape index (κ3) is 8.42. The van der Waals surface area contributed by atoms with Crippen LogP contribution in [0.3, 0.4) is 0 Å². The van der Waals surface area contributed by atoms with Crippen molar-refractivity contribution in [2.24, 2.45) is 0 Å². The van der Waals surface area contributed by atoms with Crippen LogP contribution in [0.4, 0.5) is 5.69 Å². The van der Waals surface area contributed by atoms with Crippen molar-refractivity contribution in [3.8, 4) is 11.5 Å². The molecule has 0 bridgehead atoms. The minimum atomic E-state index is -4.30. The molecule has 3 rings (SSSR count). The third-order valence-electron chi connectivity index (χ3n) is 7.16. The molecule has 3 aromatic carbocycles. The Bertz CT molecular complexity index is 1510. The van der Waals surface area contributed by atoms with Gasteiger partial charge in [0.2, 0.25) is 11.8 Å². The molecule has 2 amide bonds. The highest BCUT2D eigenvalue weighted by atomic mass is 35.5. The van der Waals surface area contributed by atoms with Crippen molar-refractivity contribution in [3.05, 3.63) is 82.9 Å². The molecule has 0 heterocycles. The number of carbonyl (C=O) groups is 2. The van der Waals surface area contributed by atoms with E-state index in [2.05, 4.69) is 5.32 Å². The fourth-order valence-electron chi connectivity index (χ4n) is 4.61. The Kier molecular flexibility index (Phi) is 11.9. The second kappa shape index (κ2) is 15.1. The van der Waals surface area contributed by atoms with Crippen LogP contribution in [0.15, 0.2) is 71.6 Å². The summed E-state index contributed by atoms with van der Waals surface area (Å²) in [7, 11) is -1.44. The van der Waals surface area contributed by atoms with Gasteiger partial charge in [0, 0.05) is 23.7 Å². The van der Waals surface area contributed by atoms with E-state index in [1.165, 1.54) is 49.5 Å².